The Morgan fingerprint density at radius 2 is 2.05 bits per heavy atom. The number of hydrogen-bond acceptors (Lipinski definition) is 3. The maximum atomic E-state index is 12.9. The molecule has 4 rings (SSSR count). The second-order valence-corrected chi connectivity index (χ2v) is 7.32. The molecule has 1 aliphatic heterocycles. The highest BCUT2D eigenvalue weighted by molar-refractivity contribution is 5.95. The molecule has 2 bridgehead atoms. The van der Waals surface area contributed by atoms with Crippen molar-refractivity contribution < 1.29 is 14.6 Å². The lowest BCUT2D eigenvalue weighted by molar-refractivity contribution is -0.126. The molecule has 0 aromatic heterocycles. The van der Waals surface area contributed by atoms with Crippen LogP contribution in [-0.2, 0) is 4.79 Å². The zero-order chi connectivity index (χ0) is 14.3. The normalized spacial score (nSPS) is 41.2. The Kier molecular flexibility index (Phi) is 2.07. The van der Waals surface area contributed by atoms with Crippen molar-refractivity contribution in [3.63, 3.8) is 0 Å². The van der Waals surface area contributed by atoms with Gasteiger partial charge >= 0.3 is 0 Å². The molecule has 2 fully saturated rings. The number of aromatic hydroxyl groups is 1. The molecular formula is C17H20O3. The predicted octanol–water partition coefficient (Wildman–Crippen LogP) is 3.32. The van der Waals surface area contributed by atoms with Gasteiger partial charge in [0.25, 0.3) is 0 Å². The Labute approximate surface area is 118 Å². The molecule has 1 heterocycles. The van der Waals surface area contributed by atoms with Gasteiger partial charge in [-0.1, -0.05) is 6.92 Å². The van der Waals surface area contributed by atoms with E-state index in [1.54, 1.807) is 6.07 Å². The molecule has 4 atom stereocenters. The van der Waals surface area contributed by atoms with Crippen molar-refractivity contribution in [1.82, 2.24) is 0 Å². The second kappa shape index (κ2) is 3.38. The Bertz CT molecular complexity index is 635. The van der Waals surface area contributed by atoms with Crippen molar-refractivity contribution in [3.05, 3.63) is 23.3 Å². The first-order chi connectivity index (χ1) is 9.34. The number of hydrogen-bond donors (Lipinski definition) is 1. The number of phenolic OH excluding ortho intramolecular Hbond substituents is 1. The molecule has 20 heavy (non-hydrogen) atoms. The molecule has 0 unspecified atom stereocenters. The minimum Gasteiger partial charge on any atom is -0.507 e. The van der Waals surface area contributed by atoms with Crippen molar-refractivity contribution in [1.29, 1.82) is 0 Å². The highest BCUT2D eigenvalue weighted by atomic mass is 16.5. The highest BCUT2D eigenvalue weighted by Crippen LogP contribution is 2.64. The number of ether oxygens (including phenoxy) is 1. The van der Waals surface area contributed by atoms with E-state index in [0.717, 1.165) is 30.4 Å². The van der Waals surface area contributed by atoms with E-state index in [9.17, 15) is 9.90 Å². The van der Waals surface area contributed by atoms with E-state index in [1.807, 2.05) is 13.0 Å². The Morgan fingerprint density at radius 1 is 1.30 bits per heavy atom. The van der Waals surface area contributed by atoms with Crippen molar-refractivity contribution in [2.75, 3.05) is 0 Å². The van der Waals surface area contributed by atoms with E-state index in [1.165, 1.54) is 0 Å². The lowest BCUT2D eigenvalue weighted by Crippen LogP contribution is -2.47. The summed E-state index contributed by atoms with van der Waals surface area (Å²) in [6.07, 6.45) is 2.70. The van der Waals surface area contributed by atoms with Gasteiger partial charge in [0.2, 0.25) is 0 Å². The van der Waals surface area contributed by atoms with Gasteiger partial charge in [-0.05, 0) is 50.8 Å². The van der Waals surface area contributed by atoms with Gasteiger partial charge in [-0.25, -0.2) is 0 Å². The third-order valence-electron chi connectivity index (χ3n) is 5.83. The van der Waals surface area contributed by atoms with Crippen LogP contribution in [0.5, 0.6) is 11.5 Å². The van der Waals surface area contributed by atoms with Crippen LogP contribution in [-0.4, -0.2) is 16.5 Å². The van der Waals surface area contributed by atoms with Crippen LogP contribution < -0.4 is 4.74 Å². The zero-order valence-corrected chi connectivity index (χ0v) is 12.2. The Balaban J connectivity index is 1.98. The number of carbonyl (C=O) groups excluding carboxylic acids is 1. The SMILES string of the molecule is Cc1cc(O)c2c(c1)O[C@]1(C)CC[C@@]3(C)C[C@@H]1[C@@H]2C3=O. The quantitative estimate of drug-likeness (QED) is 0.788. The number of aryl methyl sites for hydroxylation is 1. The number of Topliss-reactive ketones (excluding diaryl/α,β-unsaturated/α-hetero) is 1. The first-order valence-electron chi connectivity index (χ1n) is 7.41. The fraction of sp³-hybridized carbons (Fsp3) is 0.588. The highest BCUT2D eigenvalue weighted by Gasteiger charge is 2.63. The number of rotatable bonds is 0. The second-order valence-electron chi connectivity index (χ2n) is 7.32. The van der Waals surface area contributed by atoms with Gasteiger partial charge in [-0.3, -0.25) is 4.79 Å². The van der Waals surface area contributed by atoms with Crippen molar-refractivity contribution >= 4 is 5.78 Å². The molecule has 0 spiro atoms. The molecule has 3 aliphatic rings. The van der Waals surface area contributed by atoms with Gasteiger partial charge in [0.1, 0.15) is 22.9 Å². The summed E-state index contributed by atoms with van der Waals surface area (Å²) < 4.78 is 6.26. The van der Waals surface area contributed by atoms with Crippen molar-refractivity contribution in [3.8, 4) is 11.5 Å². The van der Waals surface area contributed by atoms with Crippen LogP contribution in [0.2, 0.25) is 0 Å². The first kappa shape index (κ1) is 12.2. The number of fused-ring (bicyclic) bond motifs is 3. The number of carbonyl (C=O) groups is 1. The molecule has 3 nitrogen and oxygen atoms in total. The number of benzene rings is 1. The van der Waals surface area contributed by atoms with Gasteiger partial charge in [-0.15, -0.1) is 0 Å². The van der Waals surface area contributed by atoms with Crippen LogP contribution in [0.3, 0.4) is 0 Å². The largest absolute Gasteiger partial charge is 0.507 e. The lowest BCUT2D eigenvalue weighted by Gasteiger charge is -2.46. The van der Waals surface area contributed by atoms with Crippen LogP contribution in [0.4, 0.5) is 0 Å². The van der Waals surface area contributed by atoms with Gasteiger partial charge in [0.15, 0.2) is 0 Å². The van der Waals surface area contributed by atoms with Gasteiger partial charge < -0.3 is 9.84 Å². The number of ketones is 1. The van der Waals surface area contributed by atoms with E-state index in [-0.39, 0.29) is 28.6 Å². The Morgan fingerprint density at radius 3 is 2.80 bits per heavy atom. The topological polar surface area (TPSA) is 46.5 Å². The van der Waals surface area contributed by atoms with Crippen molar-refractivity contribution in [2.24, 2.45) is 11.3 Å². The smallest absolute Gasteiger partial charge is 0.146 e. The molecule has 1 aromatic carbocycles. The monoisotopic (exact) mass is 272 g/mol. The molecule has 1 N–H and O–H groups in total. The van der Waals surface area contributed by atoms with Gasteiger partial charge in [-0.2, -0.15) is 0 Å². The summed E-state index contributed by atoms with van der Waals surface area (Å²) in [4.78, 5) is 12.9. The summed E-state index contributed by atoms with van der Waals surface area (Å²) in [5.41, 5.74) is 1.21. The van der Waals surface area contributed by atoms with Crippen LogP contribution in [0.25, 0.3) is 0 Å². The first-order valence-corrected chi connectivity index (χ1v) is 7.41. The fourth-order valence-electron chi connectivity index (χ4n) is 4.62. The number of phenols is 1. The standard InChI is InChI=1S/C17H20O3/c1-9-6-11(18)14-12(7-9)20-17(3)5-4-16(2)8-10(17)13(14)15(16)19/h6-7,10,13,18H,4-5,8H2,1-3H3/t10-,13+,16+,17-/m1/s1. The average molecular weight is 272 g/mol. The molecule has 106 valence electrons. The minimum absolute atomic E-state index is 0.183. The van der Waals surface area contributed by atoms with Gasteiger partial charge in [0, 0.05) is 16.9 Å². The maximum Gasteiger partial charge on any atom is 0.146 e. The van der Waals surface area contributed by atoms with Crippen LogP contribution in [0, 0.1) is 18.3 Å². The van der Waals surface area contributed by atoms with Crippen LogP contribution in [0.15, 0.2) is 12.1 Å². The zero-order valence-electron chi connectivity index (χ0n) is 12.2. The minimum atomic E-state index is -0.260. The van der Waals surface area contributed by atoms with Crippen LogP contribution >= 0.6 is 0 Å². The molecule has 3 heteroatoms. The molecule has 2 saturated carbocycles. The van der Waals surface area contributed by atoms with Gasteiger partial charge in [0.05, 0.1) is 5.92 Å². The molecule has 0 amide bonds. The maximum absolute atomic E-state index is 12.9. The summed E-state index contributed by atoms with van der Waals surface area (Å²) in [5.74, 6) is 1.25. The molecular weight excluding hydrogens is 252 g/mol. The summed E-state index contributed by atoms with van der Waals surface area (Å²) >= 11 is 0. The van der Waals surface area contributed by atoms with E-state index in [2.05, 4.69) is 13.8 Å². The third-order valence-corrected chi connectivity index (χ3v) is 5.83. The summed E-state index contributed by atoms with van der Waals surface area (Å²) in [5, 5.41) is 10.3. The van der Waals surface area contributed by atoms with E-state index in [0.29, 0.717) is 11.5 Å². The predicted molar refractivity (Wildman–Crippen MR) is 75.1 cm³/mol. The molecule has 1 aromatic rings. The van der Waals surface area contributed by atoms with Crippen LogP contribution in [0.1, 0.15) is 50.2 Å². The molecule has 2 aliphatic carbocycles. The summed E-state index contributed by atoms with van der Waals surface area (Å²) in [7, 11) is 0. The molecule has 0 saturated heterocycles. The summed E-state index contributed by atoms with van der Waals surface area (Å²) in [6.45, 7) is 6.15. The lowest BCUT2D eigenvalue weighted by atomic mass is 9.68. The average Bonchev–Trinajstić information content (AvgIpc) is 2.60. The van der Waals surface area contributed by atoms with E-state index in [4.69, 9.17) is 4.74 Å². The van der Waals surface area contributed by atoms with E-state index >= 15 is 0 Å². The Hall–Kier alpha value is -1.51. The van der Waals surface area contributed by atoms with Crippen molar-refractivity contribution in [2.45, 2.75) is 51.6 Å². The third kappa shape index (κ3) is 1.28. The van der Waals surface area contributed by atoms with E-state index < -0.39 is 0 Å². The molecule has 0 radical (unpaired) electrons. The summed E-state index contributed by atoms with van der Waals surface area (Å²) in [6, 6.07) is 3.69. The fourth-order valence-corrected chi connectivity index (χ4v) is 4.62.